The maximum atomic E-state index is 11.7. The summed E-state index contributed by atoms with van der Waals surface area (Å²) in [7, 11) is 1.75. The van der Waals surface area contributed by atoms with E-state index in [-0.39, 0.29) is 12.3 Å². The highest BCUT2D eigenvalue weighted by Gasteiger charge is 2.25. The first-order chi connectivity index (χ1) is 7.59. The summed E-state index contributed by atoms with van der Waals surface area (Å²) in [5.41, 5.74) is 2.67. The Bertz CT molecular complexity index is 454. The molecule has 0 unspecified atom stereocenters. The number of fused-ring (bicyclic) bond motifs is 1. The van der Waals surface area contributed by atoms with Crippen molar-refractivity contribution < 1.29 is 14.7 Å². The molecule has 16 heavy (non-hydrogen) atoms. The van der Waals surface area contributed by atoms with Gasteiger partial charge < -0.3 is 10.0 Å². The average Bonchev–Trinajstić information content (AvgIpc) is 2.53. The quantitative estimate of drug-likeness (QED) is 0.833. The lowest BCUT2D eigenvalue weighted by Gasteiger charge is -2.06. The van der Waals surface area contributed by atoms with Gasteiger partial charge in [-0.1, -0.05) is 12.1 Å². The van der Waals surface area contributed by atoms with Gasteiger partial charge in [0.1, 0.15) is 0 Å². The molecule has 1 aliphatic rings. The van der Waals surface area contributed by atoms with E-state index in [4.69, 9.17) is 5.11 Å². The van der Waals surface area contributed by atoms with Gasteiger partial charge in [0, 0.05) is 25.6 Å². The largest absolute Gasteiger partial charge is 0.481 e. The Kier molecular flexibility index (Phi) is 2.64. The topological polar surface area (TPSA) is 57.6 Å². The summed E-state index contributed by atoms with van der Waals surface area (Å²) in [5, 5.41) is 8.65. The molecule has 1 aliphatic heterocycles. The highest BCUT2D eigenvalue weighted by molar-refractivity contribution is 5.98. The van der Waals surface area contributed by atoms with Crippen molar-refractivity contribution in [1.82, 2.24) is 4.90 Å². The van der Waals surface area contributed by atoms with Crippen LogP contribution in [-0.4, -0.2) is 28.9 Å². The summed E-state index contributed by atoms with van der Waals surface area (Å²) >= 11 is 0. The predicted molar refractivity (Wildman–Crippen MR) is 58.2 cm³/mol. The number of aryl methyl sites for hydroxylation is 1. The normalized spacial score (nSPS) is 14.1. The molecule has 1 aromatic carbocycles. The number of amides is 1. The molecule has 1 amide bonds. The van der Waals surface area contributed by atoms with E-state index in [1.54, 1.807) is 18.0 Å². The van der Waals surface area contributed by atoms with E-state index in [0.717, 1.165) is 11.1 Å². The molecule has 1 heterocycles. The predicted octanol–water partition coefficient (Wildman–Crippen LogP) is 1.29. The van der Waals surface area contributed by atoms with E-state index < -0.39 is 5.97 Å². The number of carboxylic acids is 1. The molecule has 0 saturated heterocycles. The second-order valence-electron chi connectivity index (χ2n) is 4.00. The molecule has 0 radical (unpaired) electrons. The zero-order chi connectivity index (χ0) is 11.7. The molecule has 0 spiro atoms. The molecule has 4 nitrogen and oxygen atoms in total. The van der Waals surface area contributed by atoms with Gasteiger partial charge in [-0.3, -0.25) is 9.59 Å². The van der Waals surface area contributed by atoms with Crippen molar-refractivity contribution in [2.75, 3.05) is 7.05 Å². The molecule has 0 fully saturated rings. The maximum absolute atomic E-state index is 11.7. The minimum absolute atomic E-state index is 0.0205. The molecule has 1 N–H and O–H groups in total. The van der Waals surface area contributed by atoms with Gasteiger partial charge >= 0.3 is 5.97 Å². The van der Waals surface area contributed by atoms with E-state index in [9.17, 15) is 9.59 Å². The molecule has 1 aromatic rings. The first kappa shape index (κ1) is 10.7. The van der Waals surface area contributed by atoms with Crippen LogP contribution in [0.3, 0.4) is 0 Å². The van der Waals surface area contributed by atoms with E-state index in [2.05, 4.69) is 0 Å². The number of carbonyl (C=O) groups excluding carboxylic acids is 1. The third-order valence-electron chi connectivity index (χ3n) is 2.85. The lowest BCUT2D eigenvalue weighted by Crippen LogP contribution is -2.17. The zero-order valence-electron chi connectivity index (χ0n) is 9.06. The van der Waals surface area contributed by atoms with Crippen LogP contribution in [0.1, 0.15) is 27.9 Å². The van der Waals surface area contributed by atoms with Crippen LogP contribution < -0.4 is 0 Å². The number of carboxylic acid groups (broad SMARTS) is 1. The lowest BCUT2D eigenvalue weighted by atomic mass is 10.00. The first-order valence-electron chi connectivity index (χ1n) is 5.17. The van der Waals surface area contributed by atoms with Gasteiger partial charge in [0.05, 0.1) is 0 Å². The number of carbonyl (C=O) groups is 2. The highest BCUT2D eigenvalue weighted by Crippen LogP contribution is 2.25. The Balaban J connectivity index is 2.29. The smallest absolute Gasteiger partial charge is 0.303 e. The Morgan fingerprint density at radius 3 is 2.94 bits per heavy atom. The van der Waals surface area contributed by atoms with Gasteiger partial charge in [-0.25, -0.2) is 0 Å². The van der Waals surface area contributed by atoms with E-state index in [0.29, 0.717) is 18.5 Å². The Hall–Kier alpha value is -1.84. The molecule has 0 atom stereocenters. The van der Waals surface area contributed by atoms with Gasteiger partial charge in [-0.2, -0.15) is 0 Å². The number of hydrogen-bond donors (Lipinski definition) is 1. The van der Waals surface area contributed by atoms with Crippen molar-refractivity contribution >= 4 is 11.9 Å². The first-order valence-corrected chi connectivity index (χ1v) is 5.17. The summed E-state index contributed by atoms with van der Waals surface area (Å²) in [4.78, 5) is 23.9. The molecular weight excluding hydrogens is 206 g/mol. The Labute approximate surface area is 93.5 Å². The van der Waals surface area contributed by atoms with Crippen LogP contribution in [0.4, 0.5) is 0 Å². The summed E-state index contributed by atoms with van der Waals surface area (Å²) < 4.78 is 0. The minimum atomic E-state index is -0.810. The SMILES string of the molecule is CN1Cc2c(CCC(=O)O)cccc2C1=O. The van der Waals surface area contributed by atoms with Gasteiger partial charge in [0.25, 0.3) is 5.91 Å². The van der Waals surface area contributed by atoms with Crippen molar-refractivity contribution in [2.45, 2.75) is 19.4 Å². The number of hydrogen-bond acceptors (Lipinski definition) is 2. The second kappa shape index (κ2) is 3.96. The summed E-state index contributed by atoms with van der Waals surface area (Å²) in [5.74, 6) is -0.789. The Morgan fingerprint density at radius 2 is 2.25 bits per heavy atom. The van der Waals surface area contributed by atoms with E-state index in [1.807, 2.05) is 12.1 Å². The van der Waals surface area contributed by atoms with Crippen LogP contribution in [0.25, 0.3) is 0 Å². The maximum Gasteiger partial charge on any atom is 0.303 e. The fraction of sp³-hybridized carbons (Fsp3) is 0.333. The lowest BCUT2D eigenvalue weighted by molar-refractivity contribution is -0.136. The standard InChI is InChI=1S/C12H13NO3/c1-13-7-10-8(5-6-11(14)15)3-2-4-9(10)12(13)16/h2-4H,5-7H2,1H3,(H,14,15). The molecule has 84 valence electrons. The number of benzene rings is 1. The summed E-state index contributed by atoms with van der Waals surface area (Å²) in [6, 6.07) is 5.51. The molecule has 0 aliphatic carbocycles. The number of aliphatic carboxylic acids is 1. The van der Waals surface area contributed by atoms with Crippen molar-refractivity contribution in [3.05, 3.63) is 34.9 Å². The van der Waals surface area contributed by atoms with Crippen LogP contribution in [0.2, 0.25) is 0 Å². The van der Waals surface area contributed by atoms with Crippen molar-refractivity contribution in [3.8, 4) is 0 Å². The number of nitrogens with zero attached hydrogens (tertiary/aromatic N) is 1. The molecule has 4 heteroatoms. The van der Waals surface area contributed by atoms with E-state index >= 15 is 0 Å². The van der Waals surface area contributed by atoms with Crippen molar-refractivity contribution in [1.29, 1.82) is 0 Å². The zero-order valence-corrected chi connectivity index (χ0v) is 9.06. The molecule has 2 rings (SSSR count). The van der Waals surface area contributed by atoms with Gasteiger partial charge in [-0.05, 0) is 23.6 Å². The van der Waals surface area contributed by atoms with Crippen molar-refractivity contribution in [3.63, 3.8) is 0 Å². The third-order valence-corrected chi connectivity index (χ3v) is 2.85. The highest BCUT2D eigenvalue weighted by atomic mass is 16.4. The van der Waals surface area contributed by atoms with Crippen LogP contribution in [0.5, 0.6) is 0 Å². The minimum Gasteiger partial charge on any atom is -0.481 e. The average molecular weight is 219 g/mol. The fourth-order valence-electron chi connectivity index (χ4n) is 2.01. The van der Waals surface area contributed by atoms with Gasteiger partial charge in [0.15, 0.2) is 0 Å². The molecular formula is C12H13NO3. The van der Waals surface area contributed by atoms with Gasteiger partial charge in [0.2, 0.25) is 0 Å². The van der Waals surface area contributed by atoms with Crippen LogP contribution >= 0.6 is 0 Å². The molecule has 0 bridgehead atoms. The molecule has 0 aromatic heterocycles. The monoisotopic (exact) mass is 219 g/mol. The van der Waals surface area contributed by atoms with Gasteiger partial charge in [-0.15, -0.1) is 0 Å². The second-order valence-corrected chi connectivity index (χ2v) is 4.00. The van der Waals surface area contributed by atoms with E-state index in [1.165, 1.54) is 0 Å². The summed E-state index contributed by atoms with van der Waals surface area (Å²) in [6.07, 6.45) is 0.591. The van der Waals surface area contributed by atoms with Crippen LogP contribution in [0.15, 0.2) is 18.2 Å². The van der Waals surface area contributed by atoms with Crippen LogP contribution in [0, 0.1) is 0 Å². The summed E-state index contributed by atoms with van der Waals surface area (Å²) in [6.45, 7) is 0.587. The Morgan fingerprint density at radius 1 is 1.50 bits per heavy atom. The van der Waals surface area contributed by atoms with Crippen LogP contribution in [-0.2, 0) is 17.8 Å². The number of rotatable bonds is 3. The van der Waals surface area contributed by atoms with Crippen molar-refractivity contribution in [2.24, 2.45) is 0 Å². The molecule has 0 saturated carbocycles. The third kappa shape index (κ3) is 1.78. The fourth-order valence-corrected chi connectivity index (χ4v) is 2.01.